The van der Waals surface area contributed by atoms with Crippen LogP contribution in [0.5, 0.6) is 0 Å². The predicted octanol–water partition coefficient (Wildman–Crippen LogP) is 1.50. The molecule has 4 heteroatoms. The Bertz CT molecular complexity index is 163. The van der Waals surface area contributed by atoms with Crippen molar-refractivity contribution in [1.82, 2.24) is 0 Å². The van der Waals surface area contributed by atoms with Crippen molar-refractivity contribution in [3.05, 3.63) is 5.41 Å². The molecular weight excluding hydrogens is 180 g/mol. The number of hydrogen-bond donors (Lipinski definition) is 0. The quantitative estimate of drug-likeness (QED) is 0.392. The average molecular weight is 200 g/mol. The molecule has 1 rings (SSSR count). The summed E-state index contributed by atoms with van der Waals surface area (Å²) in [6.07, 6.45) is 4.57. The van der Waals surface area contributed by atoms with Crippen LogP contribution in [0.1, 0.15) is 26.2 Å². The first-order valence-corrected chi connectivity index (χ1v) is 5.10. The SMILES string of the molecule is CCC[N+]1(COC)CCCC1.[N-]=C=O. The van der Waals surface area contributed by atoms with E-state index in [-0.39, 0.29) is 0 Å². The third-order valence-electron chi connectivity index (χ3n) is 2.62. The Balaban J connectivity index is 0.000000500. The summed E-state index contributed by atoms with van der Waals surface area (Å²) in [5.41, 5.74) is 0. The van der Waals surface area contributed by atoms with Gasteiger partial charge in [-0.2, -0.15) is 0 Å². The Hall–Kier alpha value is -0.700. The maximum absolute atomic E-state index is 8.24. The summed E-state index contributed by atoms with van der Waals surface area (Å²) >= 11 is 0. The Kier molecular flexibility index (Phi) is 7.30. The number of hydrogen-bond acceptors (Lipinski definition) is 2. The number of likely N-dealkylation sites (tertiary alicyclic amines) is 1. The zero-order valence-electron chi connectivity index (χ0n) is 9.16. The van der Waals surface area contributed by atoms with Crippen molar-refractivity contribution in [1.29, 1.82) is 0 Å². The highest BCUT2D eigenvalue weighted by atomic mass is 16.5. The minimum absolute atomic E-state index is 0.500. The summed E-state index contributed by atoms with van der Waals surface area (Å²) in [5, 5.41) is 6.76. The minimum atomic E-state index is 0.500. The molecule has 0 aliphatic carbocycles. The zero-order chi connectivity index (χ0) is 10.9. The van der Waals surface area contributed by atoms with Gasteiger partial charge in [-0.05, 0) is 12.5 Å². The lowest BCUT2D eigenvalue weighted by molar-refractivity contribution is -0.934. The van der Waals surface area contributed by atoms with E-state index >= 15 is 0 Å². The highest BCUT2D eigenvalue weighted by molar-refractivity contribution is 5.36. The van der Waals surface area contributed by atoms with Crippen molar-refractivity contribution in [2.45, 2.75) is 26.2 Å². The van der Waals surface area contributed by atoms with Gasteiger partial charge in [-0.25, -0.2) is 0 Å². The van der Waals surface area contributed by atoms with Crippen molar-refractivity contribution in [2.24, 2.45) is 0 Å². The Morgan fingerprint density at radius 1 is 1.43 bits per heavy atom. The molecule has 1 aliphatic heterocycles. The van der Waals surface area contributed by atoms with Gasteiger partial charge in [0.25, 0.3) is 0 Å². The zero-order valence-corrected chi connectivity index (χ0v) is 9.16. The number of ether oxygens (including phenoxy) is 1. The fraction of sp³-hybridized carbons (Fsp3) is 0.900. The van der Waals surface area contributed by atoms with E-state index in [9.17, 15) is 0 Å². The highest BCUT2D eigenvalue weighted by Gasteiger charge is 2.30. The number of rotatable bonds is 4. The van der Waals surface area contributed by atoms with E-state index in [1.807, 2.05) is 7.11 Å². The minimum Gasteiger partial charge on any atom is -0.724 e. The van der Waals surface area contributed by atoms with Crippen LogP contribution < -0.4 is 0 Å². The smallest absolute Gasteiger partial charge is 0.182 e. The number of nitrogens with zero attached hydrogens (tertiary/aromatic N) is 2. The summed E-state index contributed by atoms with van der Waals surface area (Å²) in [4.78, 5) is 8.24. The second-order valence-electron chi connectivity index (χ2n) is 3.73. The fourth-order valence-electron chi connectivity index (χ4n) is 2.17. The Morgan fingerprint density at radius 2 is 1.93 bits per heavy atom. The lowest BCUT2D eigenvalue weighted by atomic mass is 10.4. The molecule has 14 heavy (non-hydrogen) atoms. The lowest BCUT2D eigenvalue weighted by Crippen LogP contribution is -2.47. The molecule has 0 N–H and O–H groups in total. The van der Waals surface area contributed by atoms with Crippen molar-refractivity contribution < 1.29 is 14.0 Å². The fourth-order valence-corrected chi connectivity index (χ4v) is 2.17. The molecule has 0 aromatic carbocycles. The van der Waals surface area contributed by atoms with Gasteiger partial charge in [0, 0.05) is 20.0 Å². The van der Waals surface area contributed by atoms with Crippen LogP contribution in [0.15, 0.2) is 0 Å². The molecule has 82 valence electrons. The van der Waals surface area contributed by atoms with Crippen LogP contribution in [0.2, 0.25) is 0 Å². The first-order chi connectivity index (χ1) is 6.74. The first kappa shape index (κ1) is 13.3. The molecule has 0 aromatic rings. The standard InChI is InChI=1S/C9H20NO.CNO/c1-3-6-10(9-11-2)7-4-5-8-10;2-1-3/h3-9H2,1-2H3;/q+1;-1. The monoisotopic (exact) mass is 200 g/mol. The summed E-state index contributed by atoms with van der Waals surface area (Å²) in [6, 6.07) is 0. The number of isocyanates is 1. The Labute approximate surface area is 86.0 Å². The topological polar surface area (TPSA) is 48.6 Å². The second-order valence-corrected chi connectivity index (χ2v) is 3.73. The van der Waals surface area contributed by atoms with Crippen LogP contribution in [0, 0.1) is 0 Å². The summed E-state index contributed by atoms with van der Waals surface area (Å²) < 4.78 is 6.47. The highest BCUT2D eigenvalue weighted by Crippen LogP contribution is 2.19. The van der Waals surface area contributed by atoms with Gasteiger partial charge < -0.3 is 14.6 Å². The van der Waals surface area contributed by atoms with Gasteiger partial charge in [-0.3, -0.25) is 4.79 Å². The normalized spacial score (nSPS) is 18.1. The first-order valence-electron chi connectivity index (χ1n) is 5.10. The van der Waals surface area contributed by atoms with E-state index in [0.29, 0.717) is 6.08 Å². The van der Waals surface area contributed by atoms with Crippen LogP contribution in [-0.4, -0.2) is 44.0 Å². The molecule has 0 spiro atoms. The number of quaternary nitrogens is 1. The van der Waals surface area contributed by atoms with Crippen LogP contribution in [0.25, 0.3) is 5.41 Å². The molecule has 0 aromatic heterocycles. The van der Waals surface area contributed by atoms with E-state index in [4.69, 9.17) is 14.9 Å². The van der Waals surface area contributed by atoms with Crippen molar-refractivity contribution in [3.8, 4) is 0 Å². The van der Waals surface area contributed by atoms with E-state index in [1.165, 1.54) is 43.4 Å². The van der Waals surface area contributed by atoms with Crippen LogP contribution >= 0.6 is 0 Å². The van der Waals surface area contributed by atoms with Crippen molar-refractivity contribution >= 4 is 6.08 Å². The average Bonchev–Trinajstić information content (AvgIpc) is 2.56. The van der Waals surface area contributed by atoms with Gasteiger partial charge in [0.2, 0.25) is 0 Å². The largest absolute Gasteiger partial charge is 0.724 e. The van der Waals surface area contributed by atoms with Gasteiger partial charge in [0.15, 0.2) is 6.73 Å². The third-order valence-corrected chi connectivity index (χ3v) is 2.62. The molecule has 0 saturated carbocycles. The van der Waals surface area contributed by atoms with E-state index < -0.39 is 0 Å². The molecule has 4 nitrogen and oxygen atoms in total. The van der Waals surface area contributed by atoms with Crippen LogP contribution in [0.3, 0.4) is 0 Å². The van der Waals surface area contributed by atoms with Gasteiger partial charge in [0.1, 0.15) is 0 Å². The van der Waals surface area contributed by atoms with Gasteiger partial charge in [-0.1, -0.05) is 6.92 Å². The van der Waals surface area contributed by atoms with Crippen molar-refractivity contribution in [2.75, 3.05) is 33.5 Å². The van der Waals surface area contributed by atoms with E-state index in [1.54, 1.807) is 0 Å². The molecule has 0 unspecified atom stereocenters. The lowest BCUT2D eigenvalue weighted by Gasteiger charge is -2.32. The van der Waals surface area contributed by atoms with E-state index in [0.717, 1.165) is 6.73 Å². The summed E-state index contributed by atoms with van der Waals surface area (Å²) in [6.45, 7) is 7.15. The van der Waals surface area contributed by atoms with Crippen LogP contribution in [-0.2, 0) is 9.53 Å². The summed E-state index contributed by atoms with van der Waals surface area (Å²) in [7, 11) is 1.81. The van der Waals surface area contributed by atoms with Gasteiger partial charge in [-0.15, -0.1) is 0 Å². The van der Waals surface area contributed by atoms with Crippen molar-refractivity contribution in [3.63, 3.8) is 0 Å². The third kappa shape index (κ3) is 4.51. The molecule has 1 saturated heterocycles. The molecule has 0 amide bonds. The molecule has 1 aliphatic rings. The number of carbonyl (C=O) groups excluding carboxylic acids is 1. The maximum Gasteiger partial charge on any atom is 0.182 e. The molecule has 1 fully saturated rings. The molecule has 0 bridgehead atoms. The number of methoxy groups -OCH3 is 1. The second kappa shape index (κ2) is 7.68. The predicted molar refractivity (Wildman–Crippen MR) is 55.3 cm³/mol. The van der Waals surface area contributed by atoms with Crippen LogP contribution in [0.4, 0.5) is 0 Å². The Morgan fingerprint density at radius 3 is 2.29 bits per heavy atom. The molecule has 0 atom stereocenters. The maximum atomic E-state index is 8.24. The van der Waals surface area contributed by atoms with Gasteiger partial charge in [0.05, 0.1) is 19.6 Å². The summed E-state index contributed by atoms with van der Waals surface area (Å²) in [5.74, 6) is 0. The van der Waals surface area contributed by atoms with Gasteiger partial charge >= 0.3 is 0 Å². The molecule has 1 heterocycles. The van der Waals surface area contributed by atoms with E-state index in [2.05, 4.69) is 6.92 Å². The molecule has 0 radical (unpaired) electrons. The molecular formula is C10H20N2O2.